The Bertz CT molecular complexity index is 1440. The van der Waals surface area contributed by atoms with Gasteiger partial charge in [-0.25, -0.2) is 29.1 Å². The lowest BCUT2D eigenvalue weighted by Crippen LogP contribution is -2.34. The maximum Gasteiger partial charge on any atom is 0.331 e. The summed E-state index contributed by atoms with van der Waals surface area (Å²) in [5.74, 6) is 0.711. The fraction of sp³-hybridized carbons (Fsp3) is 0.476. The molecule has 2 aliphatic rings. The molecule has 294 valence electrons. The van der Waals surface area contributed by atoms with Crippen LogP contribution in [0.3, 0.4) is 0 Å². The Kier molecular flexibility index (Phi) is 20.2. The summed E-state index contributed by atoms with van der Waals surface area (Å²) in [7, 11) is 0. The maximum atomic E-state index is 12.6. The van der Waals surface area contributed by atoms with E-state index in [1.54, 1.807) is 12.2 Å². The third-order valence-electron chi connectivity index (χ3n) is 8.45. The van der Waals surface area contributed by atoms with E-state index in [0.717, 1.165) is 74.0 Å². The quantitative estimate of drug-likeness (QED) is 0.0218. The molecule has 0 spiro atoms. The molecule has 12 heteroatoms. The SMILES string of the molecule is C=CCOOCCCCCCOc1ccc(/C=C/COO[C@H]2CO[C@H]3C(OC(=O)/C=C/c4ccc(OCCCCCCOC(=O)C=C)cc4)CO[C@@H]23)cc1. The van der Waals surface area contributed by atoms with Crippen LogP contribution in [-0.4, -0.2) is 89.2 Å². The minimum atomic E-state index is -0.543. The van der Waals surface area contributed by atoms with E-state index in [9.17, 15) is 9.59 Å². The lowest BCUT2D eigenvalue weighted by Gasteiger charge is -2.16. The number of hydrogen-bond acceptors (Lipinski definition) is 12. The van der Waals surface area contributed by atoms with Crippen LogP contribution in [0.15, 0.2) is 86.0 Å². The number of unbranched alkanes of at least 4 members (excludes halogenated alkanes) is 6. The Morgan fingerprint density at radius 1 is 0.630 bits per heavy atom. The predicted molar refractivity (Wildman–Crippen MR) is 202 cm³/mol. The molecule has 12 nitrogen and oxygen atoms in total. The molecule has 2 aromatic rings. The van der Waals surface area contributed by atoms with Crippen LogP contribution in [0.4, 0.5) is 0 Å². The number of hydrogen-bond donors (Lipinski definition) is 0. The molecule has 4 rings (SSSR count). The van der Waals surface area contributed by atoms with E-state index < -0.39 is 30.4 Å². The molecule has 54 heavy (non-hydrogen) atoms. The topological polar surface area (TPSA) is 126 Å². The molecule has 0 amide bonds. The molecule has 1 unspecified atom stereocenters. The van der Waals surface area contributed by atoms with E-state index in [4.69, 9.17) is 48.0 Å². The minimum Gasteiger partial charge on any atom is -0.494 e. The third kappa shape index (κ3) is 16.4. The zero-order valence-corrected chi connectivity index (χ0v) is 31.0. The van der Waals surface area contributed by atoms with Crippen LogP contribution >= 0.6 is 0 Å². The van der Waals surface area contributed by atoms with Gasteiger partial charge in [-0.15, -0.1) is 6.58 Å². The van der Waals surface area contributed by atoms with Crippen molar-refractivity contribution in [1.82, 2.24) is 0 Å². The molecular weight excluding hydrogens is 696 g/mol. The first-order valence-corrected chi connectivity index (χ1v) is 18.7. The van der Waals surface area contributed by atoms with E-state index in [-0.39, 0.29) is 25.8 Å². The van der Waals surface area contributed by atoms with Crippen LogP contribution in [0.25, 0.3) is 12.2 Å². The summed E-state index contributed by atoms with van der Waals surface area (Å²) in [6.45, 7) is 10.3. The number of carbonyl (C=O) groups is 2. The highest BCUT2D eigenvalue weighted by Gasteiger charge is 2.50. The first-order valence-electron chi connectivity index (χ1n) is 18.7. The highest BCUT2D eigenvalue weighted by atomic mass is 17.2. The Morgan fingerprint density at radius 2 is 1.20 bits per heavy atom. The maximum absolute atomic E-state index is 12.6. The van der Waals surface area contributed by atoms with Crippen molar-refractivity contribution >= 4 is 24.1 Å². The molecule has 2 fully saturated rings. The molecule has 2 heterocycles. The zero-order valence-electron chi connectivity index (χ0n) is 31.0. The van der Waals surface area contributed by atoms with E-state index in [2.05, 4.69) is 13.2 Å². The van der Waals surface area contributed by atoms with Crippen molar-refractivity contribution < 1.29 is 57.6 Å². The molecule has 0 aromatic heterocycles. The summed E-state index contributed by atoms with van der Waals surface area (Å²) < 4.78 is 33.9. The average molecular weight is 751 g/mol. The summed E-state index contributed by atoms with van der Waals surface area (Å²) in [6, 6.07) is 15.3. The molecule has 0 saturated carbocycles. The lowest BCUT2D eigenvalue weighted by atomic mass is 10.1. The summed E-state index contributed by atoms with van der Waals surface area (Å²) in [4.78, 5) is 44.5. The summed E-state index contributed by atoms with van der Waals surface area (Å²) in [5.41, 5.74) is 1.85. The van der Waals surface area contributed by atoms with Crippen LogP contribution < -0.4 is 9.47 Å². The second-order valence-corrected chi connectivity index (χ2v) is 12.7. The van der Waals surface area contributed by atoms with Crippen molar-refractivity contribution in [2.45, 2.75) is 75.8 Å². The normalized spacial score (nSPS) is 19.2. The van der Waals surface area contributed by atoms with Crippen LogP contribution in [-0.2, 0) is 48.1 Å². The standard InChI is InChI=1S/C42H54O12/c1-3-25-50-51-29-12-8-7-10-27-45-35-20-15-33(16-21-35)14-13-30-52-54-38-32-49-41-37(31-48-42(38)41)53-40(44)24-19-34-17-22-36(23-18-34)46-26-9-5-6-11-28-47-39(43)4-2/h3-4,13-24,37-38,41-42H,1-2,5-12,25-32H2/b14-13+,24-19+/t37?,38-,41-,42-/m0/s1. The number of fused-ring (bicyclic) bond motifs is 1. The Hall–Kier alpha value is -4.30. The van der Waals surface area contributed by atoms with Gasteiger partial charge in [-0.3, -0.25) is 0 Å². The van der Waals surface area contributed by atoms with Gasteiger partial charge < -0.3 is 28.4 Å². The molecule has 0 N–H and O–H groups in total. The Morgan fingerprint density at radius 3 is 1.83 bits per heavy atom. The van der Waals surface area contributed by atoms with E-state index in [0.29, 0.717) is 33.0 Å². The highest BCUT2D eigenvalue weighted by Crippen LogP contribution is 2.31. The molecule has 0 aliphatic carbocycles. The second-order valence-electron chi connectivity index (χ2n) is 12.7. The third-order valence-corrected chi connectivity index (χ3v) is 8.45. The summed E-state index contributed by atoms with van der Waals surface area (Å²) in [6.07, 6.45) is 15.6. The average Bonchev–Trinajstić information content (AvgIpc) is 3.79. The predicted octanol–water partition coefficient (Wildman–Crippen LogP) is 7.18. The molecule has 2 aromatic carbocycles. The molecule has 2 saturated heterocycles. The molecular formula is C42H54O12. The number of rotatable bonds is 28. The first kappa shape index (κ1) is 42.4. The Labute approximate surface area is 318 Å². The first-order chi connectivity index (χ1) is 26.6. The molecule has 4 atom stereocenters. The van der Waals surface area contributed by atoms with Crippen molar-refractivity contribution in [3.05, 3.63) is 97.1 Å². The molecule has 0 radical (unpaired) electrons. The summed E-state index contributed by atoms with van der Waals surface area (Å²) >= 11 is 0. The van der Waals surface area contributed by atoms with Crippen molar-refractivity contribution in [2.24, 2.45) is 0 Å². The van der Waals surface area contributed by atoms with Gasteiger partial charge in [0.2, 0.25) is 0 Å². The van der Waals surface area contributed by atoms with Gasteiger partial charge in [0.05, 0.1) is 39.6 Å². The van der Waals surface area contributed by atoms with E-state index in [1.165, 1.54) is 12.2 Å². The van der Waals surface area contributed by atoms with Crippen molar-refractivity contribution in [1.29, 1.82) is 0 Å². The Balaban J connectivity index is 1.03. The monoisotopic (exact) mass is 750 g/mol. The number of esters is 2. The van der Waals surface area contributed by atoms with E-state index >= 15 is 0 Å². The summed E-state index contributed by atoms with van der Waals surface area (Å²) in [5, 5.41) is 0. The van der Waals surface area contributed by atoms with Crippen molar-refractivity contribution in [2.75, 3.05) is 52.9 Å². The minimum absolute atomic E-state index is 0.213. The fourth-order valence-corrected chi connectivity index (χ4v) is 5.61. The van der Waals surface area contributed by atoms with Crippen molar-refractivity contribution in [3.63, 3.8) is 0 Å². The molecule has 0 bridgehead atoms. The largest absolute Gasteiger partial charge is 0.494 e. The van der Waals surface area contributed by atoms with Gasteiger partial charge in [-0.2, -0.15) is 0 Å². The van der Waals surface area contributed by atoms with Crippen molar-refractivity contribution in [3.8, 4) is 11.5 Å². The van der Waals surface area contributed by atoms with Crippen LogP contribution in [0, 0.1) is 0 Å². The number of carbonyl (C=O) groups excluding carboxylic acids is 2. The second kappa shape index (κ2) is 25.7. The number of benzene rings is 2. The van der Waals surface area contributed by atoms with Gasteiger partial charge >= 0.3 is 11.9 Å². The fourth-order valence-electron chi connectivity index (χ4n) is 5.61. The zero-order chi connectivity index (χ0) is 38.1. The van der Waals surface area contributed by atoms with Gasteiger partial charge in [0, 0.05) is 12.2 Å². The number of ether oxygens (including phenoxy) is 6. The van der Waals surface area contributed by atoms with Gasteiger partial charge in [-0.1, -0.05) is 55.5 Å². The van der Waals surface area contributed by atoms with Gasteiger partial charge in [0.15, 0.2) is 6.10 Å². The van der Waals surface area contributed by atoms with Crippen LogP contribution in [0.1, 0.15) is 62.5 Å². The highest BCUT2D eigenvalue weighted by molar-refractivity contribution is 5.87. The smallest absolute Gasteiger partial charge is 0.331 e. The molecule has 2 aliphatic heterocycles. The van der Waals surface area contributed by atoms with E-state index in [1.807, 2.05) is 60.7 Å². The van der Waals surface area contributed by atoms with Crippen LogP contribution in [0.2, 0.25) is 0 Å². The van der Waals surface area contributed by atoms with Gasteiger partial charge in [-0.05, 0) is 86.4 Å². The van der Waals surface area contributed by atoms with Gasteiger partial charge in [0.1, 0.15) is 43.0 Å². The van der Waals surface area contributed by atoms with Crippen LogP contribution in [0.5, 0.6) is 11.5 Å². The van der Waals surface area contributed by atoms with Gasteiger partial charge in [0.25, 0.3) is 0 Å². The lowest BCUT2D eigenvalue weighted by molar-refractivity contribution is -0.326.